The van der Waals surface area contributed by atoms with Gasteiger partial charge in [0.2, 0.25) is 5.95 Å². The lowest BCUT2D eigenvalue weighted by molar-refractivity contribution is 0.632. The average molecular weight is 253 g/mol. The summed E-state index contributed by atoms with van der Waals surface area (Å²) in [6, 6.07) is 5.92. The van der Waals surface area contributed by atoms with E-state index in [2.05, 4.69) is 20.6 Å². The van der Waals surface area contributed by atoms with Crippen LogP contribution < -0.4 is 10.6 Å². The molecule has 0 aliphatic rings. The fraction of sp³-hybridized carbons (Fsp3) is 0.0909. The molecule has 0 spiro atoms. The Bertz CT molecular complexity index is 533. The van der Waals surface area contributed by atoms with Gasteiger partial charge in [-0.25, -0.2) is 9.37 Å². The molecule has 0 radical (unpaired) electrons. The molecule has 1 aromatic heterocycles. The second-order valence-electron chi connectivity index (χ2n) is 3.26. The van der Waals surface area contributed by atoms with Crippen LogP contribution in [0, 0.1) is 5.82 Å². The van der Waals surface area contributed by atoms with E-state index in [-0.39, 0.29) is 11.5 Å². The highest BCUT2D eigenvalue weighted by Crippen LogP contribution is 2.22. The normalized spacial score (nSPS) is 10.1. The molecule has 0 fully saturated rings. The molecule has 1 aromatic carbocycles. The third-order valence-electron chi connectivity index (χ3n) is 2.07. The summed E-state index contributed by atoms with van der Waals surface area (Å²) in [5, 5.41) is 6.09. The van der Waals surface area contributed by atoms with Crippen LogP contribution in [0.15, 0.2) is 30.5 Å². The van der Waals surface area contributed by atoms with Crippen LogP contribution in [0.4, 0.5) is 21.8 Å². The zero-order valence-corrected chi connectivity index (χ0v) is 9.79. The number of halogens is 2. The number of hydrogen-bond acceptors (Lipinski definition) is 4. The lowest BCUT2D eigenvalue weighted by Crippen LogP contribution is -2.00. The number of benzene rings is 1. The standard InChI is InChI=1S/C11H10ClFN4/c1-14-11-15-5-4-10(17-11)16-9-6-7(12)2-3-8(9)13/h2-6H,1H3,(H2,14,15,16,17). The van der Waals surface area contributed by atoms with Crippen LogP contribution in [0.2, 0.25) is 5.02 Å². The van der Waals surface area contributed by atoms with Crippen molar-refractivity contribution in [1.29, 1.82) is 0 Å². The number of nitrogens with zero attached hydrogens (tertiary/aromatic N) is 2. The van der Waals surface area contributed by atoms with Crippen LogP contribution in [-0.4, -0.2) is 17.0 Å². The van der Waals surface area contributed by atoms with Crippen LogP contribution in [-0.2, 0) is 0 Å². The fourth-order valence-electron chi connectivity index (χ4n) is 1.28. The van der Waals surface area contributed by atoms with Crippen molar-refractivity contribution >= 4 is 29.1 Å². The maximum Gasteiger partial charge on any atom is 0.224 e. The Hall–Kier alpha value is -1.88. The molecule has 17 heavy (non-hydrogen) atoms. The highest BCUT2D eigenvalue weighted by atomic mass is 35.5. The van der Waals surface area contributed by atoms with Gasteiger partial charge in [0.25, 0.3) is 0 Å². The number of anilines is 3. The second kappa shape index (κ2) is 4.97. The molecule has 0 aliphatic carbocycles. The molecule has 0 atom stereocenters. The van der Waals surface area contributed by atoms with E-state index in [1.165, 1.54) is 18.2 Å². The maximum atomic E-state index is 13.5. The van der Waals surface area contributed by atoms with Gasteiger partial charge in [0.15, 0.2) is 0 Å². The van der Waals surface area contributed by atoms with Crippen LogP contribution in [0.3, 0.4) is 0 Å². The average Bonchev–Trinajstić information content (AvgIpc) is 2.34. The Morgan fingerprint density at radius 3 is 2.88 bits per heavy atom. The van der Waals surface area contributed by atoms with Gasteiger partial charge in [-0.2, -0.15) is 4.98 Å². The molecule has 0 unspecified atom stereocenters. The van der Waals surface area contributed by atoms with E-state index in [0.29, 0.717) is 16.8 Å². The molecule has 88 valence electrons. The number of aromatic nitrogens is 2. The Kier molecular flexibility index (Phi) is 3.39. The van der Waals surface area contributed by atoms with Crippen molar-refractivity contribution in [1.82, 2.24) is 9.97 Å². The summed E-state index contributed by atoms with van der Waals surface area (Å²) in [6.07, 6.45) is 1.57. The van der Waals surface area contributed by atoms with Crippen LogP contribution in [0.1, 0.15) is 0 Å². The van der Waals surface area contributed by atoms with Gasteiger partial charge < -0.3 is 10.6 Å². The summed E-state index contributed by atoms with van der Waals surface area (Å²) in [4.78, 5) is 8.07. The SMILES string of the molecule is CNc1nccc(Nc2cc(Cl)ccc2F)n1. The fourth-order valence-corrected chi connectivity index (χ4v) is 1.45. The number of rotatable bonds is 3. The molecular formula is C11H10ClFN4. The Balaban J connectivity index is 2.27. The predicted octanol–water partition coefficient (Wildman–Crippen LogP) is 3.05. The smallest absolute Gasteiger partial charge is 0.224 e. The van der Waals surface area contributed by atoms with Gasteiger partial charge in [0, 0.05) is 18.3 Å². The van der Waals surface area contributed by atoms with Gasteiger partial charge in [-0.15, -0.1) is 0 Å². The van der Waals surface area contributed by atoms with Crippen LogP contribution in [0.25, 0.3) is 0 Å². The van der Waals surface area contributed by atoms with E-state index in [9.17, 15) is 4.39 Å². The van der Waals surface area contributed by atoms with Crippen molar-refractivity contribution in [2.24, 2.45) is 0 Å². The quantitative estimate of drug-likeness (QED) is 0.882. The first-order valence-electron chi connectivity index (χ1n) is 4.92. The Morgan fingerprint density at radius 1 is 1.29 bits per heavy atom. The van der Waals surface area contributed by atoms with E-state index >= 15 is 0 Å². The van der Waals surface area contributed by atoms with E-state index in [0.717, 1.165) is 0 Å². The summed E-state index contributed by atoms with van der Waals surface area (Å²) < 4.78 is 13.5. The molecule has 1 heterocycles. The van der Waals surface area contributed by atoms with Crippen molar-refractivity contribution in [3.05, 3.63) is 41.3 Å². The van der Waals surface area contributed by atoms with Crippen molar-refractivity contribution in [3.8, 4) is 0 Å². The highest BCUT2D eigenvalue weighted by molar-refractivity contribution is 6.30. The molecule has 0 saturated heterocycles. The van der Waals surface area contributed by atoms with Gasteiger partial charge in [-0.05, 0) is 24.3 Å². The van der Waals surface area contributed by atoms with Crippen molar-refractivity contribution in [2.75, 3.05) is 17.7 Å². The minimum absolute atomic E-state index is 0.276. The van der Waals surface area contributed by atoms with E-state index < -0.39 is 0 Å². The molecule has 2 aromatic rings. The topological polar surface area (TPSA) is 49.8 Å². The summed E-state index contributed by atoms with van der Waals surface area (Å²) in [5.74, 6) is 0.557. The van der Waals surface area contributed by atoms with Crippen molar-refractivity contribution < 1.29 is 4.39 Å². The van der Waals surface area contributed by atoms with Gasteiger partial charge in [-0.1, -0.05) is 11.6 Å². The lowest BCUT2D eigenvalue weighted by Gasteiger charge is -2.07. The largest absolute Gasteiger partial charge is 0.357 e. The molecule has 0 amide bonds. The molecule has 4 nitrogen and oxygen atoms in total. The first kappa shape index (κ1) is 11.6. The van der Waals surface area contributed by atoms with Crippen molar-refractivity contribution in [3.63, 3.8) is 0 Å². The maximum absolute atomic E-state index is 13.5. The van der Waals surface area contributed by atoms with Crippen molar-refractivity contribution in [2.45, 2.75) is 0 Å². The molecule has 0 saturated carbocycles. The summed E-state index contributed by atoms with van der Waals surface area (Å²) >= 11 is 5.79. The first-order chi connectivity index (χ1) is 8.19. The molecule has 0 bridgehead atoms. The summed E-state index contributed by atoms with van der Waals surface area (Å²) in [6.45, 7) is 0. The third-order valence-corrected chi connectivity index (χ3v) is 2.31. The Labute approximate surface area is 103 Å². The van der Waals surface area contributed by atoms with Crippen LogP contribution in [0.5, 0.6) is 0 Å². The monoisotopic (exact) mass is 252 g/mol. The van der Waals surface area contributed by atoms with Gasteiger partial charge >= 0.3 is 0 Å². The zero-order valence-electron chi connectivity index (χ0n) is 9.04. The lowest BCUT2D eigenvalue weighted by atomic mass is 10.3. The minimum Gasteiger partial charge on any atom is -0.357 e. The highest BCUT2D eigenvalue weighted by Gasteiger charge is 2.04. The third kappa shape index (κ3) is 2.82. The van der Waals surface area contributed by atoms with Gasteiger partial charge in [0.1, 0.15) is 11.6 Å². The Morgan fingerprint density at radius 2 is 2.12 bits per heavy atom. The summed E-state index contributed by atoms with van der Waals surface area (Å²) in [5.41, 5.74) is 0.276. The van der Waals surface area contributed by atoms with E-state index in [1.54, 1.807) is 19.3 Å². The first-order valence-corrected chi connectivity index (χ1v) is 5.29. The van der Waals surface area contributed by atoms with Crippen LogP contribution >= 0.6 is 11.6 Å². The molecule has 2 rings (SSSR count). The van der Waals surface area contributed by atoms with E-state index in [4.69, 9.17) is 11.6 Å². The summed E-state index contributed by atoms with van der Waals surface area (Å²) in [7, 11) is 1.71. The number of nitrogens with one attached hydrogen (secondary N) is 2. The minimum atomic E-state index is -0.390. The van der Waals surface area contributed by atoms with E-state index in [1.807, 2.05) is 0 Å². The second-order valence-corrected chi connectivity index (χ2v) is 3.70. The molecule has 2 N–H and O–H groups in total. The van der Waals surface area contributed by atoms with Gasteiger partial charge in [-0.3, -0.25) is 0 Å². The molecule has 0 aliphatic heterocycles. The zero-order chi connectivity index (χ0) is 12.3. The van der Waals surface area contributed by atoms with Gasteiger partial charge in [0.05, 0.1) is 5.69 Å². The predicted molar refractivity (Wildman–Crippen MR) is 66.3 cm³/mol. The molecular weight excluding hydrogens is 243 g/mol. The molecule has 6 heteroatoms. The number of hydrogen-bond donors (Lipinski definition) is 2.